The van der Waals surface area contributed by atoms with Crippen molar-refractivity contribution < 1.29 is 19.0 Å². The third-order valence-corrected chi connectivity index (χ3v) is 5.31. The second-order valence-electron chi connectivity index (χ2n) is 7.42. The Morgan fingerprint density at radius 3 is 2.81 bits per heavy atom. The first-order valence-corrected chi connectivity index (χ1v) is 10.3. The van der Waals surface area contributed by atoms with E-state index in [0.717, 1.165) is 28.3 Å². The average molecular weight is 430 g/mol. The van der Waals surface area contributed by atoms with Gasteiger partial charge >= 0.3 is 0 Å². The lowest BCUT2D eigenvalue weighted by atomic mass is 10.2. The zero-order valence-electron chi connectivity index (χ0n) is 17.6. The van der Waals surface area contributed by atoms with Crippen LogP contribution in [0.2, 0.25) is 0 Å². The summed E-state index contributed by atoms with van der Waals surface area (Å²) in [5.41, 5.74) is 3.39. The number of carbonyl (C=O) groups excluding carboxylic acids is 1. The van der Waals surface area contributed by atoms with Gasteiger partial charge in [-0.2, -0.15) is 0 Å². The van der Waals surface area contributed by atoms with Gasteiger partial charge in [-0.05, 0) is 42.0 Å². The van der Waals surface area contributed by atoms with E-state index in [9.17, 15) is 4.79 Å². The van der Waals surface area contributed by atoms with Gasteiger partial charge < -0.3 is 24.1 Å². The van der Waals surface area contributed by atoms with Crippen LogP contribution in [-0.2, 0) is 17.8 Å². The van der Waals surface area contributed by atoms with Gasteiger partial charge in [-0.15, -0.1) is 0 Å². The molecular formula is C24H22N4O4. The number of anilines is 1. The molecule has 0 unspecified atom stereocenters. The fourth-order valence-electron chi connectivity index (χ4n) is 3.70. The number of hydrogen-bond acceptors (Lipinski definition) is 6. The molecule has 3 heterocycles. The van der Waals surface area contributed by atoms with Crippen LogP contribution in [0.15, 0.2) is 60.8 Å². The van der Waals surface area contributed by atoms with E-state index in [2.05, 4.69) is 14.9 Å². The van der Waals surface area contributed by atoms with Gasteiger partial charge in [-0.25, -0.2) is 9.97 Å². The number of methoxy groups -OCH3 is 1. The summed E-state index contributed by atoms with van der Waals surface area (Å²) in [7, 11) is 1.65. The Balaban J connectivity index is 1.32. The molecule has 0 saturated carbocycles. The maximum Gasteiger partial charge on any atom is 0.231 e. The normalized spacial score (nSPS) is 12.2. The monoisotopic (exact) mass is 430 g/mol. The van der Waals surface area contributed by atoms with Gasteiger partial charge in [0.2, 0.25) is 12.7 Å². The van der Waals surface area contributed by atoms with Crippen LogP contribution in [0.5, 0.6) is 17.2 Å². The van der Waals surface area contributed by atoms with Gasteiger partial charge in [0.1, 0.15) is 17.1 Å². The fraction of sp³-hybridized carbons (Fsp3) is 0.208. The molecule has 162 valence electrons. The summed E-state index contributed by atoms with van der Waals surface area (Å²) in [4.78, 5) is 21.8. The molecule has 5 rings (SSSR count). The van der Waals surface area contributed by atoms with Crippen molar-refractivity contribution in [1.29, 1.82) is 0 Å². The molecule has 0 atom stereocenters. The van der Waals surface area contributed by atoms with Crippen molar-refractivity contribution in [2.75, 3.05) is 19.2 Å². The summed E-state index contributed by atoms with van der Waals surface area (Å²) in [6.45, 7) is 0.807. The molecule has 1 N–H and O–H groups in total. The Bertz CT molecular complexity index is 1270. The summed E-state index contributed by atoms with van der Waals surface area (Å²) in [6.07, 6.45) is 2.54. The number of rotatable bonds is 7. The van der Waals surface area contributed by atoms with Crippen LogP contribution in [0.1, 0.15) is 17.8 Å². The quantitative estimate of drug-likeness (QED) is 0.480. The van der Waals surface area contributed by atoms with Crippen LogP contribution in [0.25, 0.3) is 11.2 Å². The first-order valence-electron chi connectivity index (χ1n) is 10.3. The molecule has 0 fully saturated rings. The second-order valence-corrected chi connectivity index (χ2v) is 7.42. The second kappa shape index (κ2) is 8.58. The predicted octanol–water partition coefficient (Wildman–Crippen LogP) is 3.79. The minimum atomic E-state index is -0.0973. The first kappa shape index (κ1) is 19.9. The lowest BCUT2D eigenvalue weighted by Crippen LogP contribution is -2.14. The van der Waals surface area contributed by atoms with Crippen molar-refractivity contribution in [3.8, 4) is 17.2 Å². The number of ether oxygens (including phenoxy) is 3. The molecule has 0 spiro atoms. The van der Waals surface area contributed by atoms with E-state index in [1.165, 1.54) is 0 Å². The zero-order valence-corrected chi connectivity index (χ0v) is 17.6. The minimum absolute atomic E-state index is 0.0973. The van der Waals surface area contributed by atoms with Crippen molar-refractivity contribution in [2.45, 2.75) is 19.4 Å². The average Bonchev–Trinajstić information content (AvgIpc) is 3.42. The SMILES string of the molecule is COc1ccc(Cn2c(CCC(=O)Nc3ccc4c(c3)OCO4)nc3cccnc32)cc1. The summed E-state index contributed by atoms with van der Waals surface area (Å²) in [5, 5.41) is 2.92. The summed E-state index contributed by atoms with van der Waals surface area (Å²) < 4.78 is 18.0. The van der Waals surface area contributed by atoms with E-state index in [1.54, 1.807) is 31.5 Å². The van der Waals surface area contributed by atoms with Crippen LogP contribution in [-0.4, -0.2) is 34.3 Å². The number of carbonyl (C=O) groups is 1. The third kappa shape index (κ3) is 4.07. The number of pyridine rings is 1. The van der Waals surface area contributed by atoms with E-state index in [1.807, 2.05) is 36.4 Å². The highest BCUT2D eigenvalue weighted by Gasteiger charge is 2.16. The number of hydrogen-bond donors (Lipinski definition) is 1. The molecule has 8 heteroatoms. The zero-order chi connectivity index (χ0) is 21.9. The molecule has 0 aliphatic carbocycles. The van der Waals surface area contributed by atoms with E-state index in [4.69, 9.17) is 19.2 Å². The molecule has 8 nitrogen and oxygen atoms in total. The topological polar surface area (TPSA) is 87.5 Å². The number of imidazole rings is 1. The van der Waals surface area contributed by atoms with E-state index in [-0.39, 0.29) is 12.7 Å². The van der Waals surface area contributed by atoms with Crippen molar-refractivity contribution in [2.24, 2.45) is 0 Å². The number of aromatic nitrogens is 3. The van der Waals surface area contributed by atoms with E-state index < -0.39 is 0 Å². The van der Waals surface area contributed by atoms with E-state index in [0.29, 0.717) is 36.6 Å². The van der Waals surface area contributed by atoms with Gasteiger partial charge in [-0.1, -0.05) is 12.1 Å². The van der Waals surface area contributed by atoms with Gasteiger partial charge in [0.25, 0.3) is 0 Å². The van der Waals surface area contributed by atoms with Crippen molar-refractivity contribution in [1.82, 2.24) is 14.5 Å². The highest BCUT2D eigenvalue weighted by Crippen LogP contribution is 2.34. The smallest absolute Gasteiger partial charge is 0.231 e. The van der Waals surface area contributed by atoms with Gasteiger partial charge in [-0.3, -0.25) is 4.79 Å². The first-order chi connectivity index (χ1) is 15.7. The largest absolute Gasteiger partial charge is 0.497 e. The predicted molar refractivity (Wildman–Crippen MR) is 119 cm³/mol. The summed E-state index contributed by atoms with van der Waals surface area (Å²) >= 11 is 0. The fourth-order valence-corrected chi connectivity index (χ4v) is 3.70. The van der Waals surface area contributed by atoms with Crippen LogP contribution < -0.4 is 19.5 Å². The van der Waals surface area contributed by atoms with Crippen LogP contribution in [0, 0.1) is 0 Å². The van der Waals surface area contributed by atoms with E-state index >= 15 is 0 Å². The van der Waals surface area contributed by atoms with Crippen molar-refractivity contribution in [3.05, 3.63) is 72.2 Å². The molecule has 1 aliphatic heterocycles. The molecular weight excluding hydrogens is 408 g/mol. The Morgan fingerprint density at radius 1 is 1.12 bits per heavy atom. The molecule has 4 aromatic rings. The van der Waals surface area contributed by atoms with Gasteiger partial charge in [0, 0.05) is 30.8 Å². The summed E-state index contributed by atoms with van der Waals surface area (Å²) in [5.74, 6) is 2.84. The molecule has 1 amide bonds. The van der Waals surface area contributed by atoms with Crippen LogP contribution in [0.3, 0.4) is 0 Å². The highest BCUT2D eigenvalue weighted by molar-refractivity contribution is 5.91. The number of nitrogens with one attached hydrogen (secondary N) is 1. The Morgan fingerprint density at radius 2 is 1.97 bits per heavy atom. The van der Waals surface area contributed by atoms with Gasteiger partial charge in [0.05, 0.1) is 13.7 Å². The number of aryl methyl sites for hydroxylation is 1. The number of amides is 1. The molecule has 0 saturated heterocycles. The minimum Gasteiger partial charge on any atom is -0.497 e. The summed E-state index contributed by atoms with van der Waals surface area (Å²) in [6, 6.07) is 17.1. The molecule has 0 radical (unpaired) electrons. The number of nitrogens with zero attached hydrogens (tertiary/aromatic N) is 3. The molecule has 2 aromatic heterocycles. The maximum atomic E-state index is 12.6. The van der Waals surface area contributed by atoms with Crippen molar-refractivity contribution in [3.63, 3.8) is 0 Å². The molecule has 2 aromatic carbocycles. The number of fused-ring (bicyclic) bond motifs is 2. The molecule has 1 aliphatic rings. The van der Waals surface area contributed by atoms with Crippen molar-refractivity contribution >= 4 is 22.8 Å². The highest BCUT2D eigenvalue weighted by atomic mass is 16.7. The molecule has 0 bridgehead atoms. The standard InChI is InChI=1S/C24H22N4O4/c1-30-18-7-4-16(5-8-18)14-28-22(27-19-3-2-12-25-24(19)28)10-11-23(29)26-17-6-9-20-21(13-17)32-15-31-20/h2-9,12-13H,10-11,14-15H2,1H3,(H,26,29). The lowest BCUT2D eigenvalue weighted by molar-refractivity contribution is -0.116. The maximum absolute atomic E-state index is 12.6. The third-order valence-electron chi connectivity index (χ3n) is 5.31. The number of benzene rings is 2. The van der Waals surface area contributed by atoms with Crippen LogP contribution in [0.4, 0.5) is 5.69 Å². The Hall–Kier alpha value is -4.07. The van der Waals surface area contributed by atoms with Gasteiger partial charge in [0.15, 0.2) is 17.1 Å². The molecule has 32 heavy (non-hydrogen) atoms. The van der Waals surface area contributed by atoms with Crippen LogP contribution >= 0.6 is 0 Å². The Kier molecular flexibility index (Phi) is 5.33. The lowest BCUT2D eigenvalue weighted by Gasteiger charge is -2.10. The Labute approximate surface area is 184 Å².